The minimum Gasteiger partial charge on any atom is -0.259 e. The Kier molecular flexibility index (Phi) is 7.49. The number of hydrogen-bond donors (Lipinski definition) is 0. The molecule has 0 radical (unpaired) electrons. The first kappa shape index (κ1) is 23.9. The van der Waals surface area contributed by atoms with E-state index in [0.29, 0.717) is 0 Å². The van der Waals surface area contributed by atoms with Crippen molar-refractivity contribution in [2.24, 2.45) is 0 Å². The standard InChI is InChI=1S/C22H34N4P2S2/c1-7-23(8-2)27(29)25(21-15-11-19(5)12-16-21)28(30,24(9-3)10-4)26(27)22-17-13-20(6)14-18-22/h11-18H,7-10H2,1-6H3. The summed E-state index contributed by atoms with van der Waals surface area (Å²) in [5, 5.41) is 0. The Morgan fingerprint density at radius 1 is 0.600 bits per heavy atom. The molecule has 8 heteroatoms. The van der Waals surface area contributed by atoms with Gasteiger partial charge < -0.3 is 0 Å². The van der Waals surface area contributed by atoms with Crippen LogP contribution in [0.15, 0.2) is 48.5 Å². The van der Waals surface area contributed by atoms with E-state index in [2.05, 4.69) is 108 Å². The molecule has 30 heavy (non-hydrogen) atoms. The zero-order valence-corrected chi connectivity index (χ0v) is 22.4. The average molecular weight is 481 g/mol. The molecule has 1 aliphatic rings. The topological polar surface area (TPSA) is 13.0 Å². The second-order valence-electron chi connectivity index (χ2n) is 7.55. The van der Waals surface area contributed by atoms with Crippen molar-refractivity contribution in [3.05, 3.63) is 59.7 Å². The quantitative estimate of drug-likeness (QED) is 0.384. The molecule has 1 heterocycles. The van der Waals surface area contributed by atoms with Gasteiger partial charge in [0.15, 0.2) is 0 Å². The van der Waals surface area contributed by atoms with Gasteiger partial charge in [-0.3, -0.25) is 8.88 Å². The van der Waals surface area contributed by atoms with E-state index in [1.807, 2.05) is 0 Å². The summed E-state index contributed by atoms with van der Waals surface area (Å²) in [6, 6.07) is 17.5. The molecule has 1 aliphatic heterocycles. The van der Waals surface area contributed by atoms with E-state index in [4.69, 9.17) is 23.6 Å². The van der Waals surface area contributed by atoms with E-state index >= 15 is 0 Å². The minimum absolute atomic E-state index is 0.909. The number of anilines is 2. The molecule has 0 atom stereocenters. The SMILES string of the molecule is CCN(CC)P1(=S)N(c2ccc(C)cc2)P(=S)(N(CC)CC)N1c1ccc(C)cc1. The van der Waals surface area contributed by atoms with Crippen LogP contribution in [0, 0.1) is 13.8 Å². The van der Waals surface area contributed by atoms with Crippen molar-refractivity contribution in [3.63, 3.8) is 0 Å². The van der Waals surface area contributed by atoms with Crippen LogP contribution < -0.4 is 8.88 Å². The maximum absolute atomic E-state index is 6.61. The Morgan fingerprint density at radius 2 is 0.867 bits per heavy atom. The molecule has 2 aromatic rings. The molecule has 1 fully saturated rings. The normalized spacial score (nSPS) is 23.9. The van der Waals surface area contributed by atoms with Gasteiger partial charge in [0.05, 0.1) is 11.4 Å². The minimum atomic E-state index is -2.26. The third-order valence-corrected chi connectivity index (χ3v) is 19.0. The molecule has 3 rings (SSSR count). The van der Waals surface area contributed by atoms with Gasteiger partial charge in [0, 0.05) is 26.2 Å². The second-order valence-corrected chi connectivity index (χ2v) is 15.9. The summed E-state index contributed by atoms with van der Waals surface area (Å²) in [6.45, 7) is 12.2. The molecule has 0 aliphatic carbocycles. The summed E-state index contributed by atoms with van der Waals surface area (Å²) in [5.74, 6) is 0. The predicted octanol–water partition coefficient (Wildman–Crippen LogP) is 6.76. The van der Waals surface area contributed by atoms with Gasteiger partial charge in [-0.25, -0.2) is 9.34 Å². The van der Waals surface area contributed by atoms with E-state index in [-0.39, 0.29) is 0 Å². The number of benzene rings is 2. The molecule has 0 N–H and O–H groups in total. The van der Waals surface area contributed by atoms with Crippen molar-refractivity contribution in [1.82, 2.24) is 9.34 Å². The summed E-state index contributed by atoms with van der Waals surface area (Å²) >= 11 is 13.2. The lowest BCUT2D eigenvalue weighted by atomic mass is 10.2. The first-order chi connectivity index (χ1) is 14.3. The molecule has 0 unspecified atom stereocenters. The van der Waals surface area contributed by atoms with Crippen LogP contribution in [0.3, 0.4) is 0 Å². The molecule has 0 amide bonds. The van der Waals surface area contributed by atoms with Gasteiger partial charge >= 0.3 is 0 Å². The number of aryl methyl sites for hydroxylation is 2. The lowest BCUT2D eigenvalue weighted by molar-refractivity contribution is 0.484. The van der Waals surface area contributed by atoms with E-state index < -0.39 is 13.0 Å². The maximum atomic E-state index is 6.61. The summed E-state index contributed by atoms with van der Waals surface area (Å²) in [4.78, 5) is 0. The van der Waals surface area contributed by atoms with Crippen LogP contribution in [0.25, 0.3) is 0 Å². The van der Waals surface area contributed by atoms with Crippen molar-refractivity contribution in [3.8, 4) is 0 Å². The van der Waals surface area contributed by atoms with E-state index in [0.717, 1.165) is 37.6 Å². The molecule has 164 valence electrons. The first-order valence-electron chi connectivity index (χ1n) is 10.7. The third-order valence-electron chi connectivity index (χ3n) is 5.71. The molecule has 2 aromatic carbocycles. The fraction of sp³-hybridized carbons (Fsp3) is 0.455. The van der Waals surface area contributed by atoms with Crippen LogP contribution in [0.5, 0.6) is 0 Å². The summed E-state index contributed by atoms with van der Waals surface area (Å²) in [5.41, 5.74) is 4.83. The van der Waals surface area contributed by atoms with Crippen molar-refractivity contribution < 1.29 is 0 Å². The smallest absolute Gasteiger partial charge is 0.206 e. The fourth-order valence-electron chi connectivity index (χ4n) is 4.05. The second kappa shape index (κ2) is 9.40. The van der Waals surface area contributed by atoms with Crippen LogP contribution in [0.2, 0.25) is 0 Å². The average Bonchev–Trinajstić information content (AvgIpc) is 2.73. The van der Waals surface area contributed by atoms with Crippen LogP contribution in [0.1, 0.15) is 38.8 Å². The van der Waals surface area contributed by atoms with Crippen LogP contribution >= 0.6 is 13.0 Å². The van der Waals surface area contributed by atoms with E-state index in [1.165, 1.54) is 11.1 Å². The summed E-state index contributed by atoms with van der Waals surface area (Å²) < 4.78 is 9.86. The molecule has 0 saturated carbocycles. The highest BCUT2D eigenvalue weighted by molar-refractivity contribution is 8.35. The lowest BCUT2D eigenvalue weighted by Crippen LogP contribution is -2.54. The molecular formula is C22H34N4P2S2. The van der Waals surface area contributed by atoms with Crippen LogP contribution in [-0.4, -0.2) is 35.5 Å². The van der Waals surface area contributed by atoms with Crippen molar-refractivity contribution in [2.45, 2.75) is 41.5 Å². The molecule has 4 nitrogen and oxygen atoms in total. The zero-order chi connectivity index (χ0) is 22.1. The van der Waals surface area contributed by atoms with Gasteiger partial charge in [0.2, 0.25) is 13.0 Å². The van der Waals surface area contributed by atoms with Gasteiger partial charge in [-0.15, -0.1) is 0 Å². The van der Waals surface area contributed by atoms with Gasteiger partial charge in [0.25, 0.3) is 0 Å². The third kappa shape index (κ3) is 3.70. The molecular weight excluding hydrogens is 446 g/mol. The van der Waals surface area contributed by atoms with Gasteiger partial charge in [-0.2, -0.15) is 0 Å². The summed E-state index contributed by atoms with van der Waals surface area (Å²) in [6.07, 6.45) is 0. The molecule has 0 spiro atoms. The maximum Gasteiger partial charge on any atom is 0.206 e. The highest BCUT2D eigenvalue weighted by atomic mass is 32.5. The lowest BCUT2D eigenvalue weighted by Gasteiger charge is -2.67. The molecule has 0 bridgehead atoms. The number of hydrogen-bond acceptors (Lipinski definition) is 2. The van der Waals surface area contributed by atoms with E-state index in [1.54, 1.807) is 0 Å². The van der Waals surface area contributed by atoms with E-state index in [9.17, 15) is 0 Å². The Labute approximate surface area is 193 Å². The molecule has 1 saturated heterocycles. The van der Waals surface area contributed by atoms with Crippen molar-refractivity contribution in [1.29, 1.82) is 0 Å². The first-order valence-corrected chi connectivity index (χ1v) is 16.1. The predicted molar refractivity (Wildman–Crippen MR) is 142 cm³/mol. The Balaban J connectivity index is 2.28. The zero-order valence-electron chi connectivity index (χ0n) is 18.9. The fourth-order valence-corrected chi connectivity index (χ4v) is 19.8. The van der Waals surface area contributed by atoms with Gasteiger partial charge in [-0.05, 0) is 61.7 Å². The largest absolute Gasteiger partial charge is 0.259 e. The van der Waals surface area contributed by atoms with Crippen molar-refractivity contribution >= 4 is 48.0 Å². The highest BCUT2D eigenvalue weighted by Crippen LogP contribution is 2.89. The number of rotatable bonds is 8. The van der Waals surface area contributed by atoms with Gasteiger partial charge in [0.1, 0.15) is 0 Å². The Bertz CT molecular complexity index is 859. The Hall–Kier alpha value is -0.740. The Morgan fingerprint density at radius 3 is 1.10 bits per heavy atom. The van der Waals surface area contributed by atoms with Crippen LogP contribution in [-0.2, 0) is 23.6 Å². The van der Waals surface area contributed by atoms with Crippen LogP contribution in [0.4, 0.5) is 11.4 Å². The van der Waals surface area contributed by atoms with Gasteiger partial charge in [-0.1, -0.05) is 63.1 Å². The van der Waals surface area contributed by atoms with Crippen molar-refractivity contribution in [2.75, 3.05) is 35.1 Å². The molecule has 0 aromatic heterocycles. The number of nitrogens with zero attached hydrogens (tertiary/aromatic N) is 4. The highest BCUT2D eigenvalue weighted by Gasteiger charge is 2.62. The monoisotopic (exact) mass is 480 g/mol. The summed E-state index contributed by atoms with van der Waals surface area (Å²) in [7, 11) is 0.